The summed E-state index contributed by atoms with van der Waals surface area (Å²) < 4.78 is 7.58. The highest BCUT2D eigenvalue weighted by molar-refractivity contribution is 9.10. The Bertz CT molecular complexity index is 1360. The van der Waals surface area contributed by atoms with Gasteiger partial charge in [0.15, 0.2) is 5.65 Å². The number of carboxylic acids is 1. The van der Waals surface area contributed by atoms with Crippen molar-refractivity contribution in [2.24, 2.45) is 5.92 Å². The smallest absolute Gasteiger partial charge is 0.306 e. The molecule has 0 radical (unpaired) electrons. The first-order valence-electron chi connectivity index (χ1n) is 11.0. The Morgan fingerprint density at radius 2 is 1.94 bits per heavy atom. The molecule has 0 unspecified atom stereocenters. The first-order chi connectivity index (χ1) is 16.5. The molecule has 1 saturated carbocycles. The zero-order valence-corrected chi connectivity index (χ0v) is 20.1. The number of hydrogen-bond acceptors (Lipinski definition) is 7. The molecule has 0 aromatic carbocycles. The van der Waals surface area contributed by atoms with Crippen LogP contribution in [0, 0.1) is 5.92 Å². The highest BCUT2D eigenvalue weighted by atomic mass is 79.9. The lowest BCUT2D eigenvalue weighted by Crippen LogP contribution is -2.21. The molecule has 0 aliphatic heterocycles. The molecule has 1 aliphatic carbocycles. The molecule has 4 aromatic heterocycles. The maximum atomic E-state index is 11.3. The van der Waals surface area contributed by atoms with Crippen molar-refractivity contribution in [1.29, 1.82) is 0 Å². The predicted octanol–water partition coefficient (Wildman–Crippen LogP) is 4.57. The van der Waals surface area contributed by atoms with Crippen LogP contribution >= 0.6 is 15.9 Å². The van der Waals surface area contributed by atoms with Crippen LogP contribution in [0.3, 0.4) is 0 Å². The van der Waals surface area contributed by atoms with Crippen molar-refractivity contribution < 1.29 is 14.6 Å². The molecule has 0 spiro atoms. The van der Waals surface area contributed by atoms with Gasteiger partial charge in [0.1, 0.15) is 11.6 Å². The van der Waals surface area contributed by atoms with Crippen LogP contribution in [0.25, 0.3) is 28.0 Å². The Labute approximate surface area is 204 Å². The zero-order chi connectivity index (χ0) is 23.8. The summed E-state index contributed by atoms with van der Waals surface area (Å²) in [6.07, 6.45) is 9.69. The van der Waals surface area contributed by atoms with Crippen LogP contribution in [0.15, 0.2) is 47.5 Å². The van der Waals surface area contributed by atoms with E-state index in [0.29, 0.717) is 34.5 Å². The van der Waals surface area contributed by atoms with Crippen molar-refractivity contribution in [3.8, 4) is 28.1 Å². The zero-order valence-electron chi connectivity index (χ0n) is 18.5. The summed E-state index contributed by atoms with van der Waals surface area (Å²) in [6.45, 7) is 0. The fourth-order valence-electron chi connectivity index (χ4n) is 4.50. The maximum absolute atomic E-state index is 11.3. The van der Waals surface area contributed by atoms with Gasteiger partial charge < -0.3 is 15.6 Å². The van der Waals surface area contributed by atoms with Crippen LogP contribution < -0.4 is 10.5 Å². The molecule has 4 aromatic rings. The Hall–Kier alpha value is -3.53. The lowest BCUT2D eigenvalue weighted by atomic mass is 9.80. The van der Waals surface area contributed by atoms with Crippen molar-refractivity contribution in [3.05, 3.63) is 53.2 Å². The largest absolute Gasteiger partial charge is 0.495 e. The minimum Gasteiger partial charge on any atom is -0.495 e. The van der Waals surface area contributed by atoms with Crippen molar-refractivity contribution >= 4 is 33.4 Å². The number of hydrogen-bond donors (Lipinski definition) is 2. The van der Waals surface area contributed by atoms with E-state index < -0.39 is 5.97 Å². The summed E-state index contributed by atoms with van der Waals surface area (Å²) in [6, 6.07) is 5.78. The number of nitrogen functional groups attached to an aromatic ring is 1. The third kappa shape index (κ3) is 3.98. The molecule has 0 saturated heterocycles. The fraction of sp³-hybridized carbons (Fsp3) is 0.292. The molecule has 0 amide bonds. The van der Waals surface area contributed by atoms with E-state index in [4.69, 9.17) is 15.5 Å². The maximum Gasteiger partial charge on any atom is 0.306 e. The number of ether oxygens (including phenoxy) is 1. The molecule has 34 heavy (non-hydrogen) atoms. The van der Waals surface area contributed by atoms with Crippen LogP contribution in [0.5, 0.6) is 5.75 Å². The highest BCUT2D eigenvalue weighted by Gasteiger charge is 2.30. The summed E-state index contributed by atoms with van der Waals surface area (Å²) in [4.78, 5) is 25.1. The molecule has 0 bridgehead atoms. The molecule has 9 nitrogen and oxygen atoms in total. The van der Waals surface area contributed by atoms with Crippen molar-refractivity contribution in [3.63, 3.8) is 0 Å². The van der Waals surface area contributed by atoms with Gasteiger partial charge in [-0.05, 0) is 53.7 Å². The second kappa shape index (κ2) is 9.02. The van der Waals surface area contributed by atoms with E-state index >= 15 is 0 Å². The number of methoxy groups -OCH3 is 1. The van der Waals surface area contributed by atoms with Crippen molar-refractivity contribution in [1.82, 2.24) is 24.6 Å². The average Bonchev–Trinajstić information content (AvgIpc) is 3.30. The van der Waals surface area contributed by atoms with Gasteiger partial charge in [0.05, 0.1) is 41.3 Å². The molecule has 1 fully saturated rings. The van der Waals surface area contributed by atoms with Crippen molar-refractivity contribution in [2.45, 2.75) is 31.6 Å². The topological polar surface area (TPSA) is 129 Å². The van der Waals surface area contributed by atoms with Crippen LogP contribution in [0.1, 0.15) is 37.3 Å². The lowest BCUT2D eigenvalue weighted by molar-refractivity contribution is -0.142. The summed E-state index contributed by atoms with van der Waals surface area (Å²) in [5.41, 5.74) is 11.2. The van der Waals surface area contributed by atoms with Gasteiger partial charge in [-0.1, -0.05) is 6.07 Å². The monoisotopic (exact) mass is 522 g/mol. The van der Waals surface area contributed by atoms with Gasteiger partial charge in [-0.15, -0.1) is 0 Å². The van der Waals surface area contributed by atoms with E-state index in [1.807, 2.05) is 18.2 Å². The molecular weight excluding hydrogens is 500 g/mol. The quantitative estimate of drug-likeness (QED) is 0.390. The number of halogens is 1. The fourth-order valence-corrected chi connectivity index (χ4v) is 5.08. The van der Waals surface area contributed by atoms with E-state index in [2.05, 4.69) is 31.0 Å². The second-order valence-corrected chi connectivity index (χ2v) is 9.22. The molecule has 174 valence electrons. The Kier molecular flexibility index (Phi) is 5.91. The van der Waals surface area contributed by atoms with Crippen LogP contribution in [-0.4, -0.2) is 42.8 Å². The molecule has 10 heteroatoms. The Morgan fingerprint density at radius 3 is 2.62 bits per heavy atom. The number of fused-ring (bicyclic) bond motifs is 1. The Balaban J connectivity index is 1.49. The number of rotatable bonds is 5. The molecular formula is C24H23BrN6O3. The van der Waals surface area contributed by atoms with Crippen LogP contribution in [0.2, 0.25) is 0 Å². The summed E-state index contributed by atoms with van der Waals surface area (Å²) in [7, 11) is 1.60. The highest BCUT2D eigenvalue weighted by Crippen LogP contribution is 2.40. The van der Waals surface area contributed by atoms with Gasteiger partial charge in [0.2, 0.25) is 0 Å². The van der Waals surface area contributed by atoms with Gasteiger partial charge in [-0.25, -0.2) is 4.98 Å². The van der Waals surface area contributed by atoms with Crippen molar-refractivity contribution in [2.75, 3.05) is 12.8 Å². The summed E-state index contributed by atoms with van der Waals surface area (Å²) in [5.74, 6) is 0.270. The number of nitrogens with zero attached hydrogens (tertiary/aromatic N) is 5. The van der Waals surface area contributed by atoms with Crippen LogP contribution in [0.4, 0.5) is 5.82 Å². The number of carbonyl (C=O) groups is 1. The third-order valence-electron chi connectivity index (χ3n) is 6.43. The minimum atomic E-state index is -0.723. The van der Waals surface area contributed by atoms with Gasteiger partial charge >= 0.3 is 5.97 Å². The summed E-state index contributed by atoms with van der Waals surface area (Å²) >= 11 is 3.60. The van der Waals surface area contributed by atoms with E-state index in [1.54, 1.807) is 36.4 Å². The molecule has 3 N–H and O–H groups in total. The first-order valence-corrected chi connectivity index (χ1v) is 11.8. The van der Waals surface area contributed by atoms with E-state index in [9.17, 15) is 9.90 Å². The lowest BCUT2D eigenvalue weighted by Gasteiger charge is -2.26. The number of aromatic nitrogens is 5. The van der Waals surface area contributed by atoms with E-state index in [1.165, 1.54) is 0 Å². The number of pyridine rings is 2. The van der Waals surface area contributed by atoms with Gasteiger partial charge in [0.25, 0.3) is 0 Å². The standard InChI is InChI=1S/C24H23BrN6O3/c1-34-17-8-16(9-27-11-17)19-7-6-15(10-28-19)18-12-29-31-22(26)20(25)21(30-23(18)31)13-2-4-14(5-3-13)24(32)33/h6-14H,2-5,26H2,1H3,(H,32,33). The predicted molar refractivity (Wildman–Crippen MR) is 130 cm³/mol. The van der Waals surface area contributed by atoms with E-state index in [0.717, 1.165) is 40.9 Å². The third-order valence-corrected chi connectivity index (χ3v) is 7.24. The normalized spacial score (nSPS) is 18.2. The van der Waals surface area contributed by atoms with E-state index in [-0.39, 0.29) is 11.8 Å². The SMILES string of the molecule is COc1cncc(-c2ccc(-c3cnn4c(N)c(Br)c(C5CCC(C(=O)O)CC5)nc34)cn2)c1. The van der Waals surface area contributed by atoms with Crippen LogP contribution in [-0.2, 0) is 4.79 Å². The molecule has 5 rings (SSSR count). The second-order valence-electron chi connectivity index (χ2n) is 8.42. The van der Waals surface area contributed by atoms with Gasteiger partial charge in [0, 0.05) is 35.0 Å². The average molecular weight is 523 g/mol. The number of aliphatic carboxylic acids is 1. The van der Waals surface area contributed by atoms with Gasteiger partial charge in [-0.2, -0.15) is 9.61 Å². The number of nitrogens with two attached hydrogens (primary N) is 1. The number of carboxylic acid groups (broad SMARTS) is 1. The molecule has 0 atom stereocenters. The molecule has 4 heterocycles. The molecule has 1 aliphatic rings. The first kappa shape index (κ1) is 22.3. The Morgan fingerprint density at radius 1 is 1.15 bits per heavy atom. The number of anilines is 1. The summed E-state index contributed by atoms with van der Waals surface area (Å²) in [5, 5.41) is 13.8. The minimum absolute atomic E-state index is 0.140. The van der Waals surface area contributed by atoms with Gasteiger partial charge in [-0.3, -0.25) is 14.8 Å².